The van der Waals surface area contributed by atoms with Gasteiger partial charge in [0.1, 0.15) is 10.6 Å². The second-order valence-electron chi connectivity index (χ2n) is 6.12. The minimum Gasteiger partial charge on any atom is -0.444 e. The zero-order valence-corrected chi connectivity index (χ0v) is 18.3. The van der Waals surface area contributed by atoms with Gasteiger partial charge in [0.25, 0.3) is 0 Å². The first-order valence-corrected chi connectivity index (χ1v) is 8.33. The summed E-state index contributed by atoms with van der Waals surface area (Å²) in [4.78, 5) is 23.0. The zero-order chi connectivity index (χ0) is 17.5. The van der Waals surface area contributed by atoms with Gasteiger partial charge in [-0.2, -0.15) is 0 Å². The molecule has 0 saturated heterocycles. The van der Waals surface area contributed by atoms with Crippen LogP contribution in [-0.4, -0.2) is 54.7 Å². The van der Waals surface area contributed by atoms with Gasteiger partial charge in [0.2, 0.25) is 0 Å². The Hall–Kier alpha value is -1.10. The van der Waals surface area contributed by atoms with Crippen LogP contribution in [0.25, 0.3) is 0 Å². The Balaban J connectivity index is 0.00000529. The molecule has 1 aromatic rings. The number of aromatic nitrogens is 1. The van der Waals surface area contributed by atoms with E-state index in [1.165, 1.54) is 9.78 Å². The van der Waals surface area contributed by atoms with Crippen LogP contribution in [0.15, 0.2) is 11.2 Å². The van der Waals surface area contributed by atoms with Crippen LogP contribution in [-0.2, 0) is 11.3 Å². The summed E-state index contributed by atoms with van der Waals surface area (Å²) in [5.74, 6) is 0.676. The van der Waals surface area contributed by atoms with Crippen molar-refractivity contribution in [1.29, 1.82) is 0 Å². The average Bonchev–Trinajstić information content (AvgIpc) is 2.86. The van der Waals surface area contributed by atoms with E-state index in [9.17, 15) is 4.79 Å². The molecule has 0 aliphatic carbocycles. The smallest absolute Gasteiger partial charge is 0.410 e. The minimum absolute atomic E-state index is 0. The number of halogens is 1. The second-order valence-corrected chi connectivity index (χ2v) is 7.44. The topological polar surface area (TPSA) is 78.9 Å². The van der Waals surface area contributed by atoms with E-state index in [1.807, 2.05) is 33.9 Å². The van der Waals surface area contributed by atoms with Gasteiger partial charge in [0.05, 0.1) is 6.54 Å². The van der Waals surface area contributed by atoms with Crippen LogP contribution in [0.5, 0.6) is 0 Å². The summed E-state index contributed by atoms with van der Waals surface area (Å²) in [6, 6.07) is 0. The summed E-state index contributed by atoms with van der Waals surface area (Å²) >= 11 is 1.65. The van der Waals surface area contributed by atoms with Crippen molar-refractivity contribution in [2.45, 2.75) is 39.8 Å². The molecule has 2 N–H and O–H groups in total. The molecule has 1 rings (SSSR count). The van der Waals surface area contributed by atoms with Crippen molar-refractivity contribution in [2.24, 2.45) is 4.99 Å². The van der Waals surface area contributed by atoms with E-state index in [-0.39, 0.29) is 30.1 Å². The molecule has 0 saturated carbocycles. The van der Waals surface area contributed by atoms with Gasteiger partial charge in [-0.25, -0.2) is 9.78 Å². The Morgan fingerprint density at radius 1 is 1.42 bits per heavy atom. The van der Waals surface area contributed by atoms with Crippen LogP contribution in [0.4, 0.5) is 4.79 Å². The molecular weight excluding hydrogens is 441 g/mol. The van der Waals surface area contributed by atoms with Gasteiger partial charge in [0.15, 0.2) is 5.96 Å². The van der Waals surface area contributed by atoms with E-state index < -0.39 is 5.60 Å². The maximum Gasteiger partial charge on any atom is 0.410 e. The lowest BCUT2D eigenvalue weighted by atomic mass is 10.2. The van der Waals surface area contributed by atoms with Crippen molar-refractivity contribution in [3.05, 3.63) is 16.1 Å². The molecule has 0 fully saturated rings. The molecule has 9 heteroatoms. The van der Waals surface area contributed by atoms with Crippen LogP contribution < -0.4 is 10.6 Å². The molecule has 0 unspecified atom stereocenters. The van der Waals surface area contributed by atoms with Gasteiger partial charge in [-0.05, 0) is 27.7 Å². The lowest BCUT2D eigenvalue weighted by molar-refractivity contribution is 0.0302. The Morgan fingerprint density at radius 3 is 2.58 bits per heavy atom. The van der Waals surface area contributed by atoms with Crippen molar-refractivity contribution < 1.29 is 9.53 Å². The van der Waals surface area contributed by atoms with E-state index in [1.54, 1.807) is 25.4 Å². The summed E-state index contributed by atoms with van der Waals surface area (Å²) in [5.41, 5.74) is -0.484. The first-order valence-electron chi connectivity index (χ1n) is 7.51. The van der Waals surface area contributed by atoms with Crippen molar-refractivity contribution in [1.82, 2.24) is 20.5 Å². The van der Waals surface area contributed by atoms with E-state index in [4.69, 9.17) is 4.74 Å². The van der Waals surface area contributed by atoms with Gasteiger partial charge in [-0.3, -0.25) is 4.99 Å². The molecule has 0 aromatic carbocycles. The molecule has 0 bridgehead atoms. The van der Waals surface area contributed by atoms with E-state index in [0.717, 1.165) is 5.01 Å². The average molecular weight is 469 g/mol. The highest BCUT2D eigenvalue weighted by Gasteiger charge is 2.19. The SMILES string of the molecule is CN=C(NCCN(C)C(=O)OC(C)(C)C)NCc1ncc(C)s1.I. The largest absolute Gasteiger partial charge is 0.444 e. The standard InChI is InChI=1S/C15H27N5O2S.HI/c1-11-9-18-12(23-11)10-19-13(16-5)17-7-8-20(6)14(21)22-15(2,3)4;/h9H,7-8,10H2,1-6H3,(H2,16,17,19);1H. The summed E-state index contributed by atoms with van der Waals surface area (Å²) in [6.45, 7) is 9.30. The first kappa shape index (κ1) is 22.9. The number of guanidine groups is 1. The molecular formula is C15H28IN5O2S. The Morgan fingerprint density at radius 2 is 2.08 bits per heavy atom. The summed E-state index contributed by atoms with van der Waals surface area (Å²) in [6.07, 6.45) is 1.52. The predicted octanol–water partition coefficient (Wildman–Crippen LogP) is 2.60. The molecule has 0 radical (unpaired) electrons. The second kappa shape index (κ2) is 10.7. The molecule has 0 spiro atoms. The Kier molecular flexibility index (Phi) is 10.2. The lowest BCUT2D eigenvalue weighted by Gasteiger charge is -2.24. The van der Waals surface area contributed by atoms with Crippen molar-refractivity contribution in [2.75, 3.05) is 27.2 Å². The Labute approximate surface area is 165 Å². The fourth-order valence-electron chi connectivity index (χ4n) is 1.64. The fourth-order valence-corrected chi connectivity index (χ4v) is 2.36. The fraction of sp³-hybridized carbons (Fsp3) is 0.667. The maximum absolute atomic E-state index is 11.8. The first-order chi connectivity index (χ1) is 10.7. The monoisotopic (exact) mass is 469 g/mol. The summed E-state index contributed by atoms with van der Waals surface area (Å²) in [5, 5.41) is 7.36. The third kappa shape index (κ3) is 9.26. The number of aryl methyl sites for hydroxylation is 1. The number of carbonyl (C=O) groups excluding carboxylic acids is 1. The summed E-state index contributed by atoms with van der Waals surface area (Å²) < 4.78 is 5.30. The van der Waals surface area contributed by atoms with Crippen LogP contribution in [0, 0.1) is 6.92 Å². The van der Waals surface area contributed by atoms with Gasteiger partial charge in [0, 0.05) is 38.3 Å². The molecule has 7 nitrogen and oxygen atoms in total. The maximum atomic E-state index is 11.8. The molecule has 1 heterocycles. The number of thiazole rings is 1. The van der Waals surface area contributed by atoms with E-state index in [0.29, 0.717) is 25.6 Å². The highest BCUT2D eigenvalue weighted by molar-refractivity contribution is 14.0. The van der Waals surface area contributed by atoms with E-state index in [2.05, 4.69) is 20.6 Å². The van der Waals surface area contributed by atoms with Crippen LogP contribution in [0.3, 0.4) is 0 Å². The normalized spacial score (nSPS) is 11.5. The van der Waals surface area contributed by atoms with Crippen molar-refractivity contribution in [3.8, 4) is 0 Å². The van der Waals surface area contributed by atoms with Crippen molar-refractivity contribution in [3.63, 3.8) is 0 Å². The third-order valence-electron chi connectivity index (χ3n) is 2.74. The van der Waals surface area contributed by atoms with Gasteiger partial charge < -0.3 is 20.3 Å². The number of hydrogen-bond acceptors (Lipinski definition) is 5. The molecule has 0 atom stereocenters. The van der Waals surface area contributed by atoms with Gasteiger partial charge in [-0.15, -0.1) is 35.3 Å². The summed E-state index contributed by atoms with van der Waals surface area (Å²) in [7, 11) is 3.42. The number of aliphatic imine (C=N–C) groups is 1. The van der Waals surface area contributed by atoms with Gasteiger partial charge in [-0.1, -0.05) is 0 Å². The number of nitrogens with one attached hydrogen (secondary N) is 2. The zero-order valence-electron chi connectivity index (χ0n) is 15.2. The highest BCUT2D eigenvalue weighted by atomic mass is 127. The number of ether oxygens (including phenoxy) is 1. The lowest BCUT2D eigenvalue weighted by Crippen LogP contribution is -2.42. The number of hydrogen-bond donors (Lipinski definition) is 2. The molecule has 0 aliphatic heterocycles. The van der Waals surface area contributed by atoms with Crippen molar-refractivity contribution >= 4 is 47.4 Å². The van der Waals surface area contributed by atoms with Crippen LogP contribution in [0.2, 0.25) is 0 Å². The van der Waals surface area contributed by atoms with E-state index >= 15 is 0 Å². The third-order valence-corrected chi connectivity index (χ3v) is 3.66. The quantitative estimate of drug-likeness (QED) is 0.394. The molecule has 1 aromatic heterocycles. The molecule has 0 aliphatic rings. The molecule has 138 valence electrons. The van der Waals surface area contributed by atoms with Gasteiger partial charge >= 0.3 is 6.09 Å². The number of nitrogens with zero attached hydrogens (tertiary/aromatic N) is 3. The minimum atomic E-state index is -0.484. The number of rotatable bonds is 5. The highest BCUT2D eigenvalue weighted by Crippen LogP contribution is 2.10. The predicted molar refractivity (Wildman–Crippen MR) is 109 cm³/mol. The number of amides is 1. The molecule has 1 amide bonds. The Bertz CT molecular complexity index is 542. The van der Waals surface area contributed by atoms with Crippen LogP contribution >= 0.6 is 35.3 Å². The number of likely N-dealkylation sites (N-methyl/N-ethyl adjacent to an activating group) is 1. The molecule has 24 heavy (non-hydrogen) atoms. The number of carbonyl (C=O) groups is 1. The van der Waals surface area contributed by atoms with Crippen LogP contribution in [0.1, 0.15) is 30.7 Å².